The number of amides is 1. The van der Waals surface area contributed by atoms with Gasteiger partial charge in [0.15, 0.2) is 18.1 Å². The van der Waals surface area contributed by atoms with E-state index in [0.717, 1.165) is 5.56 Å². The monoisotopic (exact) mass is 294 g/mol. The molecule has 1 aliphatic rings. The second-order valence-corrected chi connectivity index (χ2v) is 4.70. The van der Waals surface area contributed by atoms with E-state index in [1.165, 1.54) is 0 Å². The molecule has 0 aromatic heterocycles. The lowest BCUT2D eigenvalue weighted by Crippen LogP contribution is -2.34. The van der Waals surface area contributed by atoms with Crippen molar-refractivity contribution in [1.82, 2.24) is 10.2 Å². The van der Waals surface area contributed by atoms with Gasteiger partial charge in [-0.15, -0.1) is 0 Å². The number of carbonyl (C=O) groups excluding carboxylic acids is 1. The molecule has 1 aromatic carbocycles. The first-order chi connectivity index (χ1) is 10.2. The fourth-order valence-electron chi connectivity index (χ4n) is 2.24. The standard InChI is InChI=1S/C15H22N2O4/c1-4-17(5-2)15(18)9-19-12-7-14-13(20-10-21-14)6-11(12)8-16-3/h6-7,16H,4-5,8-10H2,1-3H3. The number of hydrogen-bond donors (Lipinski definition) is 1. The summed E-state index contributed by atoms with van der Waals surface area (Å²) >= 11 is 0. The van der Waals surface area contributed by atoms with Gasteiger partial charge < -0.3 is 24.4 Å². The molecule has 2 rings (SSSR count). The Hall–Kier alpha value is -1.95. The summed E-state index contributed by atoms with van der Waals surface area (Å²) in [5.74, 6) is 1.99. The van der Waals surface area contributed by atoms with Crippen molar-refractivity contribution in [1.29, 1.82) is 0 Å². The number of benzene rings is 1. The predicted octanol–water partition coefficient (Wildman–Crippen LogP) is 1.38. The summed E-state index contributed by atoms with van der Waals surface area (Å²) in [6.45, 7) is 6.15. The maximum atomic E-state index is 12.0. The number of nitrogens with one attached hydrogen (secondary N) is 1. The molecule has 21 heavy (non-hydrogen) atoms. The number of likely N-dealkylation sites (N-methyl/N-ethyl adjacent to an activating group) is 1. The molecule has 0 bridgehead atoms. The maximum absolute atomic E-state index is 12.0. The predicted molar refractivity (Wildman–Crippen MR) is 78.8 cm³/mol. The van der Waals surface area contributed by atoms with Crippen LogP contribution >= 0.6 is 0 Å². The van der Waals surface area contributed by atoms with Crippen molar-refractivity contribution in [2.24, 2.45) is 0 Å². The quantitative estimate of drug-likeness (QED) is 0.823. The summed E-state index contributed by atoms with van der Waals surface area (Å²) < 4.78 is 16.4. The van der Waals surface area contributed by atoms with Crippen molar-refractivity contribution in [3.8, 4) is 17.2 Å². The molecule has 1 N–H and O–H groups in total. The topological polar surface area (TPSA) is 60.0 Å². The average Bonchev–Trinajstić information content (AvgIpc) is 2.93. The molecule has 116 valence electrons. The summed E-state index contributed by atoms with van der Waals surface area (Å²) in [4.78, 5) is 13.8. The highest BCUT2D eigenvalue weighted by molar-refractivity contribution is 5.77. The second-order valence-electron chi connectivity index (χ2n) is 4.70. The third-order valence-electron chi connectivity index (χ3n) is 3.39. The molecule has 0 saturated heterocycles. The largest absolute Gasteiger partial charge is 0.483 e. The lowest BCUT2D eigenvalue weighted by atomic mass is 10.1. The minimum atomic E-state index is -0.0203. The van der Waals surface area contributed by atoms with E-state index in [0.29, 0.717) is 36.9 Å². The number of carbonyl (C=O) groups is 1. The number of nitrogens with zero attached hydrogens (tertiary/aromatic N) is 1. The first kappa shape index (κ1) is 15.4. The van der Waals surface area contributed by atoms with E-state index in [9.17, 15) is 4.79 Å². The van der Waals surface area contributed by atoms with Crippen LogP contribution in [0.15, 0.2) is 12.1 Å². The van der Waals surface area contributed by atoms with Gasteiger partial charge in [-0.3, -0.25) is 4.79 Å². The fourth-order valence-corrected chi connectivity index (χ4v) is 2.24. The number of rotatable bonds is 7. The van der Waals surface area contributed by atoms with Gasteiger partial charge in [0.25, 0.3) is 5.91 Å². The summed E-state index contributed by atoms with van der Waals surface area (Å²) in [7, 11) is 1.86. The molecule has 0 atom stereocenters. The highest BCUT2D eigenvalue weighted by Gasteiger charge is 2.19. The van der Waals surface area contributed by atoms with Crippen LogP contribution in [0.2, 0.25) is 0 Å². The lowest BCUT2D eigenvalue weighted by Gasteiger charge is -2.19. The Morgan fingerprint density at radius 2 is 1.95 bits per heavy atom. The molecule has 0 unspecified atom stereocenters. The van der Waals surface area contributed by atoms with E-state index in [4.69, 9.17) is 14.2 Å². The Bertz CT molecular complexity index is 501. The molecule has 6 nitrogen and oxygen atoms in total. The Kier molecular flexibility index (Phi) is 5.27. The molecule has 1 aliphatic heterocycles. The van der Waals surface area contributed by atoms with Gasteiger partial charge in [0.05, 0.1) is 0 Å². The molecule has 0 spiro atoms. The van der Waals surface area contributed by atoms with Crippen molar-refractivity contribution < 1.29 is 19.0 Å². The van der Waals surface area contributed by atoms with E-state index >= 15 is 0 Å². The Morgan fingerprint density at radius 3 is 2.57 bits per heavy atom. The van der Waals surface area contributed by atoms with Crippen molar-refractivity contribution in [3.05, 3.63) is 17.7 Å². The van der Waals surface area contributed by atoms with Crippen LogP contribution in [0.3, 0.4) is 0 Å². The van der Waals surface area contributed by atoms with Crippen LogP contribution < -0.4 is 19.5 Å². The second kappa shape index (κ2) is 7.17. The zero-order valence-corrected chi connectivity index (χ0v) is 12.8. The zero-order valence-electron chi connectivity index (χ0n) is 12.8. The van der Waals surface area contributed by atoms with Crippen LogP contribution in [0.4, 0.5) is 0 Å². The Morgan fingerprint density at radius 1 is 1.29 bits per heavy atom. The minimum absolute atomic E-state index is 0.0203. The van der Waals surface area contributed by atoms with Crippen LogP contribution in [-0.2, 0) is 11.3 Å². The Labute approximate surface area is 125 Å². The van der Waals surface area contributed by atoms with E-state index in [1.54, 1.807) is 11.0 Å². The summed E-state index contributed by atoms with van der Waals surface area (Å²) in [6.07, 6.45) is 0. The third-order valence-corrected chi connectivity index (χ3v) is 3.39. The van der Waals surface area contributed by atoms with Crippen molar-refractivity contribution >= 4 is 5.91 Å². The smallest absolute Gasteiger partial charge is 0.260 e. The van der Waals surface area contributed by atoms with E-state index in [2.05, 4.69) is 5.32 Å². The Balaban J connectivity index is 2.09. The van der Waals surface area contributed by atoms with Crippen LogP contribution in [-0.4, -0.2) is 44.3 Å². The molecule has 6 heteroatoms. The average molecular weight is 294 g/mol. The number of ether oxygens (including phenoxy) is 3. The van der Waals surface area contributed by atoms with E-state index in [1.807, 2.05) is 27.0 Å². The van der Waals surface area contributed by atoms with Crippen molar-refractivity contribution in [2.75, 3.05) is 33.5 Å². The lowest BCUT2D eigenvalue weighted by molar-refractivity contribution is -0.132. The molecule has 0 saturated carbocycles. The SMILES string of the molecule is CCN(CC)C(=O)COc1cc2c(cc1CNC)OCO2. The van der Waals surface area contributed by atoms with Crippen LogP contribution in [0.25, 0.3) is 0 Å². The number of fused-ring (bicyclic) bond motifs is 1. The van der Waals surface area contributed by atoms with Crippen molar-refractivity contribution in [2.45, 2.75) is 20.4 Å². The highest BCUT2D eigenvalue weighted by Crippen LogP contribution is 2.38. The van der Waals surface area contributed by atoms with E-state index < -0.39 is 0 Å². The van der Waals surface area contributed by atoms with Gasteiger partial charge in [-0.05, 0) is 27.0 Å². The van der Waals surface area contributed by atoms with Crippen molar-refractivity contribution in [3.63, 3.8) is 0 Å². The summed E-state index contributed by atoms with van der Waals surface area (Å²) in [5, 5.41) is 3.08. The third kappa shape index (κ3) is 3.58. The molecule has 0 aliphatic carbocycles. The molecular weight excluding hydrogens is 272 g/mol. The van der Waals surface area contributed by atoms with Gasteiger partial charge in [-0.25, -0.2) is 0 Å². The molecule has 1 aromatic rings. The maximum Gasteiger partial charge on any atom is 0.260 e. The molecule has 1 heterocycles. The molecule has 0 radical (unpaired) electrons. The van der Waals surface area contributed by atoms with Gasteiger partial charge >= 0.3 is 0 Å². The molecule has 0 fully saturated rings. The molecule has 1 amide bonds. The minimum Gasteiger partial charge on any atom is -0.483 e. The zero-order chi connectivity index (χ0) is 15.2. The van der Waals surface area contributed by atoms with Crippen LogP contribution in [0, 0.1) is 0 Å². The fraction of sp³-hybridized carbons (Fsp3) is 0.533. The summed E-state index contributed by atoms with van der Waals surface area (Å²) in [5.41, 5.74) is 0.939. The molecular formula is C15H22N2O4. The van der Waals surface area contributed by atoms with Crippen LogP contribution in [0.1, 0.15) is 19.4 Å². The highest BCUT2D eigenvalue weighted by atomic mass is 16.7. The van der Waals surface area contributed by atoms with E-state index in [-0.39, 0.29) is 19.3 Å². The van der Waals surface area contributed by atoms with Gasteiger partial charge in [-0.1, -0.05) is 0 Å². The van der Waals surface area contributed by atoms with Gasteiger partial charge in [0.1, 0.15) is 5.75 Å². The van der Waals surface area contributed by atoms with Gasteiger partial charge in [0.2, 0.25) is 6.79 Å². The van der Waals surface area contributed by atoms with Gasteiger partial charge in [0, 0.05) is 31.3 Å². The first-order valence-corrected chi connectivity index (χ1v) is 7.17. The normalized spacial score (nSPS) is 12.3. The first-order valence-electron chi connectivity index (χ1n) is 7.17. The summed E-state index contributed by atoms with van der Waals surface area (Å²) in [6, 6.07) is 3.67. The van der Waals surface area contributed by atoms with Crippen LogP contribution in [0.5, 0.6) is 17.2 Å². The van der Waals surface area contributed by atoms with Gasteiger partial charge in [-0.2, -0.15) is 0 Å². The number of hydrogen-bond acceptors (Lipinski definition) is 5.